The first kappa shape index (κ1) is 14.7. The van der Waals surface area contributed by atoms with Gasteiger partial charge in [-0.25, -0.2) is 4.79 Å². The Kier molecular flexibility index (Phi) is 5.35. The van der Waals surface area contributed by atoms with E-state index in [1.165, 1.54) is 5.56 Å². The minimum Gasteiger partial charge on any atom is -0.478 e. The summed E-state index contributed by atoms with van der Waals surface area (Å²) in [5.41, 5.74) is 3.85. The summed E-state index contributed by atoms with van der Waals surface area (Å²) < 4.78 is 0. The summed E-state index contributed by atoms with van der Waals surface area (Å²) in [4.78, 5) is 10.8. The topological polar surface area (TPSA) is 37.3 Å². The van der Waals surface area contributed by atoms with E-state index < -0.39 is 14.0 Å². The van der Waals surface area contributed by atoms with Crippen molar-refractivity contribution in [2.75, 3.05) is 0 Å². The molecule has 0 bridgehead atoms. The molecular formula is C15H22O2Si. The van der Waals surface area contributed by atoms with Crippen molar-refractivity contribution in [3.05, 3.63) is 47.2 Å². The van der Waals surface area contributed by atoms with Crippen molar-refractivity contribution in [2.24, 2.45) is 0 Å². The number of aliphatic carboxylic acids is 1. The molecule has 0 radical (unpaired) electrons. The number of benzene rings is 1. The smallest absolute Gasteiger partial charge is 0.330 e. The molecule has 3 heteroatoms. The molecule has 0 spiro atoms. The highest BCUT2D eigenvalue weighted by Gasteiger charge is 2.18. The lowest BCUT2D eigenvalue weighted by atomic mass is 10.1. The normalized spacial score (nSPS) is 12.5. The summed E-state index contributed by atoms with van der Waals surface area (Å²) in [7, 11) is -1.53. The average Bonchev–Trinajstić information content (AvgIpc) is 2.29. The Balaban J connectivity index is 2.47. The molecule has 1 N–H and O–H groups in total. The minimum absolute atomic E-state index is 0.492. The summed E-state index contributed by atoms with van der Waals surface area (Å²) in [6.07, 6.45) is 2.21. The van der Waals surface area contributed by atoms with Crippen LogP contribution in [-0.4, -0.2) is 19.1 Å². The quantitative estimate of drug-likeness (QED) is 0.623. The molecule has 0 fully saturated rings. The van der Waals surface area contributed by atoms with Gasteiger partial charge in [0.1, 0.15) is 0 Å². The molecule has 0 aromatic heterocycles. The van der Waals surface area contributed by atoms with Crippen LogP contribution in [0, 0.1) is 0 Å². The molecule has 0 atom stereocenters. The van der Waals surface area contributed by atoms with E-state index >= 15 is 0 Å². The van der Waals surface area contributed by atoms with E-state index in [-0.39, 0.29) is 0 Å². The van der Waals surface area contributed by atoms with Crippen molar-refractivity contribution < 1.29 is 9.90 Å². The average molecular weight is 262 g/mol. The maximum atomic E-state index is 10.8. The standard InChI is InChI=1S/C15H22O2Si/c1-13(15(16)17)12-18(2,3)11-7-10-14-8-5-4-6-9-14/h4-6,8-9,12H,7,10-11H2,1-3H3,(H,16,17). The molecule has 98 valence electrons. The third kappa shape index (κ3) is 5.32. The molecule has 0 aliphatic heterocycles. The van der Waals surface area contributed by atoms with Crippen molar-refractivity contribution in [1.29, 1.82) is 0 Å². The van der Waals surface area contributed by atoms with Crippen LogP contribution >= 0.6 is 0 Å². The van der Waals surface area contributed by atoms with E-state index in [2.05, 4.69) is 37.4 Å². The molecule has 0 amide bonds. The van der Waals surface area contributed by atoms with Gasteiger partial charge >= 0.3 is 5.97 Å². The zero-order chi connectivity index (χ0) is 13.6. The Morgan fingerprint density at radius 3 is 2.44 bits per heavy atom. The predicted octanol–water partition coefficient (Wildman–Crippen LogP) is 3.90. The second kappa shape index (κ2) is 6.54. The number of carboxylic acids is 1. The van der Waals surface area contributed by atoms with Crippen molar-refractivity contribution in [1.82, 2.24) is 0 Å². The highest BCUT2D eigenvalue weighted by molar-refractivity contribution is 6.82. The van der Waals surface area contributed by atoms with E-state index in [1.54, 1.807) is 6.92 Å². The van der Waals surface area contributed by atoms with Gasteiger partial charge in [-0.05, 0) is 18.9 Å². The van der Waals surface area contributed by atoms with Crippen LogP contribution in [0.2, 0.25) is 19.1 Å². The fraction of sp³-hybridized carbons (Fsp3) is 0.400. The third-order valence-electron chi connectivity index (χ3n) is 3.07. The van der Waals surface area contributed by atoms with E-state index in [9.17, 15) is 4.79 Å². The molecule has 1 aromatic carbocycles. The molecule has 2 nitrogen and oxygen atoms in total. The molecule has 0 aliphatic carbocycles. The van der Waals surface area contributed by atoms with Crippen molar-refractivity contribution in [3.63, 3.8) is 0 Å². The number of hydrogen-bond donors (Lipinski definition) is 1. The largest absolute Gasteiger partial charge is 0.478 e. The van der Waals surface area contributed by atoms with Gasteiger partial charge < -0.3 is 5.11 Å². The molecule has 1 rings (SSSR count). The van der Waals surface area contributed by atoms with Gasteiger partial charge in [0.15, 0.2) is 0 Å². The Morgan fingerprint density at radius 1 is 1.28 bits per heavy atom. The molecular weight excluding hydrogens is 240 g/mol. The van der Waals surface area contributed by atoms with Crippen LogP contribution < -0.4 is 0 Å². The van der Waals surface area contributed by atoms with E-state index in [1.807, 2.05) is 11.8 Å². The van der Waals surface area contributed by atoms with E-state index in [0.29, 0.717) is 5.57 Å². The number of carboxylic acid groups (broad SMARTS) is 1. The van der Waals surface area contributed by atoms with Gasteiger partial charge in [0, 0.05) is 5.57 Å². The lowest BCUT2D eigenvalue weighted by Crippen LogP contribution is -2.24. The number of aryl methyl sites for hydroxylation is 1. The first-order chi connectivity index (χ1) is 8.41. The highest BCUT2D eigenvalue weighted by atomic mass is 28.3. The van der Waals surface area contributed by atoms with Crippen LogP contribution in [-0.2, 0) is 11.2 Å². The molecule has 0 unspecified atom stereocenters. The maximum absolute atomic E-state index is 10.8. The molecule has 0 saturated carbocycles. The Morgan fingerprint density at radius 2 is 1.89 bits per heavy atom. The summed E-state index contributed by atoms with van der Waals surface area (Å²) in [6, 6.07) is 11.6. The lowest BCUT2D eigenvalue weighted by Gasteiger charge is -2.18. The fourth-order valence-electron chi connectivity index (χ4n) is 2.11. The van der Waals surface area contributed by atoms with Gasteiger partial charge in [0.2, 0.25) is 0 Å². The zero-order valence-electron chi connectivity index (χ0n) is 11.4. The first-order valence-corrected chi connectivity index (χ1v) is 9.66. The SMILES string of the molecule is CC(=C[Si](C)(C)CCCc1ccccc1)C(=O)O. The van der Waals surface area contributed by atoms with Crippen LogP contribution in [0.25, 0.3) is 0 Å². The molecule has 0 aliphatic rings. The van der Waals surface area contributed by atoms with Crippen LogP contribution in [0.3, 0.4) is 0 Å². The molecule has 0 heterocycles. The van der Waals surface area contributed by atoms with Crippen molar-refractivity contribution >= 4 is 14.0 Å². The van der Waals surface area contributed by atoms with Crippen LogP contribution in [0.5, 0.6) is 0 Å². The summed E-state index contributed by atoms with van der Waals surface area (Å²) in [5.74, 6) is -0.793. The number of rotatable bonds is 6. The van der Waals surface area contributed by atoms with Crippen LogP contribution in [0.15, 0.2) is 41.6 Å². The summed E-state index contributed by atoms with van der Waals surface area (Å²) >= 11 is 0. The Hall–Kier alpha value is -1.35. The summed E-state index contributed by atoms with van der Waals surface area (Å²) in [5, 5.41) is 8.90. The van der Waals surface area contributed by atoms with Crippen molar-refractivity contribution in [2.45, 2.75) is 38.9 Å². The van der Waals surface area contributed by atoms with Gasteiger partial charge in [-0.3, -0.25) is 0 Å². The number of hydrogen-bond acceptors (Lipinski definition) is 1. The van der Waals surface area contributed by atoms with Crippen LogP contribution in [0.1, 0.15) is 18.9 Å². The lowest BCUT2D eigenvalue weighted by molar-refractivity contribution is -0.132. The third-order valence-corrected chi connectivity index (χ3v) is 5.93. The fourth-order valence-corrected chi connectivity index (χ4v) is 4.64. The molecule has 18 heavy (non-hydrogen) atoms. The van der Waals surface area contributed by atoms with Crippen molar-refractivity contribution in [3.8, 4) is 0 Å². The van der Waals surface area contributed by atoms with E-state index in [4.69, 9.17) is 5.11 Å². The molecule has 1 aromatic rings. The summed E-state index contributed by atoms with van der Waals surface area (Å²) in [6.45, 7) is 6.14. The second-order valence-electron chi connectivity index (χ2n) is 5.46. The van der Waals surface area contributed by atoms with Gasteiger partial charge in [-0.2, -0.15) is 0 Å². The second-order valence-corrected chi connectivity index (χ2v) is 10.2. The predicted molar refractivity (Wildman–Crippen MR) is 78.4 cm³/mol. The Labute approximate surface area is 110 Å². The minimum atomic E-state index is -1.53. The molecule has 0 saturated heterocycles. The van der Waals surface area contributed by atoms with E-state index in [0.717, 1.165) is 18.9 Å². The van der Waals surface area contributed by atoms with Gasteiger partial charge in [-0.1, -0.05) is 61.6 Å². The van der Waals surface area contributed by atoms with Gasteiger partial charge in [0.25, 0.3) is 0 Å². The number of carbonyl (C=O) groups is 1. The maximum Gasteiger partial charge on any atom is 0.330 e. The van der Waals surface area contributed by atoms with Gasteiger partial charge in [0.05, 0.1) is 8.07 Å². The Bertz CT molecular complexity index is 421. The van der Waals surface area contributed by atoms with Crippen LogP contribution in [0.4, 0.5) is 0 Å². The zero-order valence-corrected chi connectivity index (χ0v) is 12.4. The highest BCUT2D eigenvalue weighted by Crippen LogP contribution is 2.18. The first-order valence-electron chi connectivity index (χ1n) is 6.37. The monoisotopic (exact) mass is 262 g/mol. The van der Waals surface area contributed by atoms with Gasteiger partial charge in [-0.15, -0.1) is 0 Å².